The first-order valence-electron chi connectivity index (χ1n) is 5.18. The lowest BCUT2D eigenvalue weighted by molar-refractivity contribution is -0.383. The number of hydrogen-bond acceptors (Lipinski definition) is 4. The van der Waals surface area contributed by atoms with E-state index in [2.05, 4.69) is 5.10 Å². The Bertz CT molecular complexity index is 562. The lowest BCUT2D eigenvalue weighted by Gasteiger charge is -2.00. The summed E-state index contributed by atoms with van der Waals surface area (Å²) in [6.45, 7) is 2.74. The second-order valence-corrected chi connectivity index (χ2v) is 3.62. The van der Waals surface area contributed by atoms with Gasteiger partial charge < -0.3 is 5.73 Å². The predicted molar refractivity (Wildman–Crippen MR) is 64.4 cm³/mol. The summed E-state index contributed by atoms with van der Waals surface area (Å²) in [5, 5.41) is 14.9. The van der Waals surface area contributed by atoms with Crippen LogP contribution in [0, 0.1) is 10.1 Å². The van der Waals surface area contributed by atoms with Gasteiger partial charge in [0.25, 0.3) is 5.69 Å². The molecule has 6 heteroatoms. The number of nitrogens with zero attached hydrogens (tertiary/aromatic N) is 3. The first-order chi connectivity index (χ1) is 8.11. The van der Waals surface area contributed by atoms with Gasteiger partial charge in [0, 0.05) is 24.4 Å². The van der Waals surface area contributed by atoms with Crippen LogP contribution < -0.4 is 5.73 Å². The lowest BCUT2D eigenvalue weighted by Crippen LogP contribution is -1.95. The van der Waals surface area contributed by atoms with Crippen LogP contribution in [-0.4, -0.2) is 14.7 Å². The van der Waals surface area contributed by atoms with Crippen molar-refractivity contribution in [3.63, 3.8) is 0 Å². The number of benzene rings is 1. The quantitative estimate of drug-likeness (QED) is 0.498. The fourth-order valence-corrected chi connectivity index (χ4v) is 1.57. The smallest absolute Gasteiger partial charge is 0.292 e. The summed E-state index contributed by atoms with van der Waals surface area (Å²) in [4.78, 5) is 10.3. The molecule has 0 saturated carbocycles. The minimum atomic E-state index is -0.483. The minimum absolute atomic E-state index is 0.0771. The molecule has 0 radical (unpaired) electrons. The van der Waals surface area contributed by atoms with Gasteiger partial charge in [0.15, 0.2) is 0 Å². The molecule has 0 atom stereocenters. The Morgan fingerprint density at radius 1 is 1.47 bits per heavy atom. The molecule has 0 unspecified atom stereocenters. The number of nitrogen functional groups attached to an aromatic ring is 1. The van der Waals surface area contributed by atoms with Gasteiger partial charge in [-0.3, -0.25) is 14.8 Å². The maximum absolute atomic E-state index is 10.8. The van der Waals surface area contributed by atoms with Crippen molar-refractivity contribution in [3.8, 4) is 11.1 Å². The van der Waals surface area contributed by atoms with Crippen molar-refractivity contribution in [2.24, 2.45) is 0 Å². The van der Waals surface area contributed by atoms with Gasteiger partial charge in [0.2, 0.25) is 0 Å². The summed E-state index contributed by atoms with van der Waals surface area (Å²) in [6, 6.07) is 4.75. The van der Waals surface area contributed by atoms with Crippen LogP contribution in [0.3, 0.4) is 0 Å². The molecular formula is C11H12N4O2. The van der Waals surface area contributed by atoms with Crippen LogP contribution in [0.15, 0.2) is 30.6 Å². The maximum atomic E-state index is 10.8. The van der Waals surface area contributed by atoms with E-state index in [-0.39, 0.29) is 11.4 Å². The van der Waals surface area contributed by atoms with Gasteiger partial charge in [-0.1, -0.05) is 6.07 Å². The topological polar surface area (TPSA) is 87.0 Å². The van der Waals surface area contributed by atoms with E-state index in [4.69, 9.17) is 5.73 Å². The summed E-state index contributed by atoms with van der Waals surface area (Å²) in [7, 11) is 0. The summed E-state index contributed by atoms with van der Waals surface area (Å²) < 4.78 is 1.76. The van der Waals surface area contributed by atoms with Gasteiger partial charge in [-0.25, -0.2) is 0 Å². The molecule has 88 valence electrons. The number of rotatable bonds is 3. The summed E-state index contributed by atoms with van der Waals surface area (Å²) in [5.74, 6) is 0. The van der Waals surface area contributed by atoms with E-state index in [1.54, 1.807) is 16.9 Å². The van der Waals surface area contributed by atoms with E-state index in [0.29, 0.717) is 0 Å². The molecule has 0 aliphatic heterocycles. The van der Waals surface area contributed by atoms with Crippen LogP contribution in [0.2, 0.25) is 0 Å². The van der Waals surface area contributed by atoms with Crippen LogP contribution in [0.4, 0.5) is 11.4 Å². The molecular weight excluding hydrogens is 220 g/mol. The molecule has 17 heavy (non-hydrogen) atoms. The van der Waals surface area contributed by atoms with Gasteiger partial charge in [-0.2, -0.15) is 5.10 Å². The molecule has 0 aliphatic rings. The van der Waals surface area contributed by atoms with Gasteiger partial charge in [0.05, 0.1) is 11.1 Å². The highest BCUT2D eigenvalue weighted by Gasteiger charge is 2.13. The molecule has 0 spiro atoms. The van der Waals surface area contributed by atoms with Crippen LogP contribution >= 0.6 is 0 Å². The molecule has 6 nitrogen and oxygen atoms in total. The maximum Gasteiger partial charge on any atom is 0.292 e. The van der Waals surface area contributed by atoms with E-state index < -0.39 is 4.92 Å². The number of aryl methyl sites for hydroxylation is 1. The third kappa shape index (κ3) is 2.10. The second-order valence-electron chi connectivity index (χ2n) is 3.62. The molecule has 2 aromatic rings. The van der Waals surface area contributed by atoms with Gasteiger partial charge in [0.1, 0.15) is 5.69 Å². The van der Waals surface area contributed by atoms with Crippen LogP contribution in [0.25, 0.3) is 11.1 Å². The van der Waals surface area contributed by atoms with E-state index >= 15 is 0 Å². The largest absolute Gasteiger partial charge is 0.393 e. The second kappa shape index (κ2) is 4.25. The zero-order valence-corrected chi connectivity index (χ0v) is 9.33. The lowest BCUT2D eigenvalue weighted by atomic mass is 10.1. The molecule has 1 aromatic carbocycles. The van der Waals surface area contributed by atoms with Crippen molar-refractivity contribution in [1.82, 2.24) is 9.78 Å². The molecule has 2 rings (SSSR count). The molecule has 0 amide bonds. The SMILES string of the molecule is CCn1cc(-c2ccc(N)c([N+](=O)[O-])c2)cn1. The number of anilines is 1. The molecule has 1 aromatic heterocycles. The van der Waals surface area contributed by atoms with Crippen LogP contribution in [-0.2, 0) is 6.54 Å². The monoisotopic (exact) mass is 232 g/mol. The van der Waals surface area contributed by atoms with Gasteiger partial charge in [-0.15, -0.1) is 0 Å². The molecule has 0 bridgehead atoms. The summed E-state index contributed by atoms with van der Waals surface area (Å²) in [6.07, 6.45) is 3.52. The number of nitro groups is 1. The van der Waals surface area contributed by atoms with Crippen LogP contribution in [0.5, 0.6) is 0 Å². The zero-order chi connectivity index (χ0) is 12.4. The molecule has 1 heterocycles. The predicted octanol–water partition coefficient (Wildman–Crippen LogP) is 2.06. The van der Waals surface area contributed by atoms with Crippen LogP contribution in [0.1, 0.15) is 6.92 Å². The highest BCUT2D eigenvalue weighted by Crippen LogP contribution is 2.28. The number of nitrogens with two attached hydrogens (primary N) is 1. The Kier molecular flexibility index (Phi) is 2.78. The van der Waals surface area contributed by atoms with Gasteiger partial charge >= 0.3 is 0 Å². The first-order valence-corrected chi connectivity index (χ1v) is 5.18. The molecule has 2 N–H and O–H groups in total. The Morgan fingerprint density at radius 2 is 2.24 bits per heavy atom. The van der Waals surface area contributed by atoms with E-state index in [0.717, 1.165) is 17.7 Å². The first kappa shape index (κ1) is 11.1. The average molecular weight is 232 g/mol. The molecule has 0 aliphatic carbocycles. The van der Waals surface area contributed by atoms with Crippen molar-refractivity contribution in [2.75, 3.05) is 5.73 Å². The third-order valence-corrected chi connectivity index (χ3v) is 2.52. The standard InChI is InChI=1S/C11H12N4O2/c1-2-14-7-9(6-13-14)8-3-4-10(12)11(5-8)15(16)17/h3-7H,2,12H2,1H3. The highest BCUT2D eigenvalue weighted by molar-refractivity contribution is 5.71. The Balaban J connectivity index is 2.46. The fourth-order valence-electron chi connectivity index (χ4n) is 1.57. The van der Waals surface area contributed by atoms with Crippen molar-refractivity contribution < 1.29 is 4.92 Å². The average Bonchev–Trinajstić information content (AvgIpc) is 2.78. The Hall–Kier alpha value is -2.37. The number of aromatic nitrogens is 2. The summed E-state index contributed by atoms with van der Waals surface area (Å²) in [5.41, 5.74) is 7.21. The van der Waals surface area contributed by atoms with Crippen molar-refractivity contribution in [2.45, 2.75) is 13.5 Å². The molecule has 0 fully saturated rings. The normalized spacial score (nSPS) is 10.4. The Morgan fingerprint density at radius 3 is 2.82 bits per heavy atom. The van der Waals surface area contributed by atoms with Crippen molar-refractivity contribution >= 4 is 11.4 Å². The number of nitro benzene ring substituents is 1. The van der Waals surface area contributed by atoms with E-state index in [9.17, 15) is 10.1 Å². The molecule has 0 saturated heterocycles. The zero-order valence-electron chi connectivity index (χ0n) is 9.33. The summed E-state index contributed by atoms with van der Waals surface area (Å²) >= 11 is 0. The minimum Gasteiger partial charge on any atom is -0.393 e. The third-order valence-electron chi connectivity index (χ3n) is 2.52. The Labute approximate surface area is 97.8 Å². The number of hydrogen-bond donors (Lipinski definition) is 1. The van der Waals surface area contributed by atoms with Crippen molar-refractivity contribution in [3.05, 3.63) is 40.7 Å². The van der Waals surface area contributed by atoms with E-state index in [1.807, 2.05) is 13.1 Å². The van der Waals surface area contributed by atoms with Crippen molar-refractivity contribution in [1.29, 1.82) is 0 Å². The van der Waals surface area contributed by atoms with Gasteiger partial charge in [-0.05, 0) is 18.6 Å². The highest BCUT2D eigenvalue weighted by atomic mass is 16.6. The van der Waals surface area contributed by atoms with E-state index in [1.165, 1.54) is 12.1 Å². The fraction of sp³-hybridized carbons (Fsp3) is 0.182.